The van der Waals surface area contributed by atoms with Gasteiger partial charge in [0.1, 0.15) is 23.7 Å². The van der Waals surface area contributed by atoms with Crippen molar-refractivity contribution in [2.75, 3.05) is 13.1 Å². The first-order valence-electron chi connectivity index (χ1n) is 9.27. The average molecular weight is 546 g/mol. The van der Waals surface area contributed by atoms with Crippen LogP contribution < -0.4 is 10.6 Å². The van der Waals surface area contributed by atoms with Crippen molar-refractivity contribution in [3.05, 3.63) is 58.8 Å². The Morgan fingerprint density at radius 2 is 1.93 bits per heavy atom. The number of benzene rings is 1. The number of nitrogens with one attached hydrogen (secondary N) is 2. The quantitative estimate of drug-likeness (QED) is 0.235. The van der Waals surface area contributed by atoms with Gasteiger partial charge in [-0.05, 0) is 57.2 Å². The molecule has 0 aliphatic heterocycles. The van der Waals surface area contributed by atoms with Gasteiger partial charge in [-0.1, -0.05) is 16.8 Å². The van der Waals surface area contributed by atoms with E-state index in [4.69, 9.17) is 20.5 Å². The van der Waals surface area contributed by atoms with Gasteiger partial charge in [0.2, 0.25) is 11.7 Å². The zero-order valence-electron chi connectivity index (χ0n) is 17.0. The van der Waals surface area contributed by atoms with E-state index < -0.39 is 5.60 Å². The van der Waals surface area contributed by atoms with E-state index in [1.165, 1.54) is 0 Å². The van der Waals surface area contributed by atoms with E-state index in [0.717, 1.165) is 11.3 Å². The van der Waals surface area contributed by atoms with Crippen LogP contribution in [0.5, 0.6) is 0 Å². The summed E-state index contributed by atoms with van der Waals surface area (Å²) in [6.07, 6.45) is 0. The van der Waals surface area contributed by atoms with Crippen LogP contribution in [0, 0.1) is 6.92 Å². The highest BCUT2D eigenvalue weighted by Gasteiger charge is 2.27. The summed E-state index contributed by atoms with van der Waals surface area (Å²) >= 11 is 5.90. The molecule has 0 radical (unpaired) electrons. The molecule has 0 aliphatic rings. The topological polar surface area (TPSA) is 109 Å². The second kappa shape index (κ2) is 10.8. The summed E-state index contributed by atoms with van der Waals surface area (Å²) in [6, 6.07) is 10.8. The van der Waals surface area contributed by atoms with Gasteiger partial charge in [0, 0.05) is 17.1 Å². The summed E-state index contributed by atoms with van der Waals surface area (Å²) in [5, 5.41) is 21.5. The van der Waals surface area contributed by atoms with Crippen molar-refractivity contribution < 1.29 is 14.0 Å². The van der Waals surface area contributed by atoms with Gasteiger partial charge in [-0.3, -0.25) is 0 Å². The van der Waals surface area contributed by atoms with Gasteiger partial charge in [0.25, 0.3) is 0 Å². The Morgan fingerprint density at radius 1 is 1.20 bits per heavy atom. The van der Waals surface area contributed by atoms with Crippen molar-refractivity contribution in [1.82, 2.24) is 20.8 Å². The molecule has 0 aliphatic carbocycles. The lowest BCUT2D eigenvalue weighted by Gasteiger charge is -2.22. The summed E-state index contributed by atoms with van der Waals surface area (Å²) in [4.78, 5) is 8.80. The van der Waals surface area contributed by atoms with Gasteiger partial charge >= 0.3 is 0 Å². The molecule has 1 aromatic carbocycles. The van der Waals surface area contributed by atoms with Crippen LogP contribution in [-0.2, 0) is 12.1 Å². The molecule has 0 saturated heterocycles. The van der Waals surface area contributed by atoms with Gasteiger partial charge in [0.05, 0.1) is 6.54 Å². The van der Waals surface area contributed by atoms with E-state index in [1.807, 2.05) is 32.0 Å². The third-order valence-electron chi connectivity index (χ3n) is 4.16. The van der Waals surface area contributed by atoms with Crippen molar-refractivity contribution in [3.63, 3.8) is 0 Å². The Hall–Kier alpha value is -2.11. The number of nitrogens with zero attached hydrogens (tertiary/aromatic N) is 3. The summed E-state index contributed by atoms with van der Waals surface area (Å²) in [5.74, 6) is 2.60. The number of rotatable bonds is 7. The number of hydrogen-bond acceptors (Lipinski definition) is 6. The zero-order chi connectivity index (χ0) is 20.9. The Bertz CT molecular complexity index is 969. The normalized spacial score (nSPS) is 13.4. The van der Waals surface area contributed by atoms with Crippen molar-refractivity contribution in [2.24, 2.45) is 4.99 Å². The fourth-order valence-corrected chi connectivity index (χ4v) is 2.72. The van der Waals surface area contributed by atoms with E-state index in [2.05, 4.69) is 25.8 Å². The number of aryl methyl sites for hydroxylation is 1. The molecule has 1 atom stereocenters. The number of halogens is 2. The fraction of sp³-hybridized carbons (Fsp3) is 0.350. The van der Waals surface area contributed by atoms with Gasteiger partial charge in [-0.25, -0.2) is 4.99 Å². The van der Waals surface area contributed by atoms with E-state index in [0.29, 0.717) is 35.0 Å². The predicted octanol–water partition coefficient (Wildman–Crippen LogP) is 3.87. The van der Waals surface area contributed by atoms with Crippen LogP contribution in [0.1, 0.15) is 31.3 Å². The van der Waals surface area contributed by atoms with E-state index >= 15 is 0 Å². The lowest BCUT2D eigenvalue weighted by molar-refractivity contribution is 0.0378. The van der Waals surface area contributed by atoms with Crippen LogP contribution in [0.2, 0.25) is 5.02 Å². The molecule has 0 bridgehead atoms. The lowest BCUT2D eigenvalue weighted by Crippen LogP contribution is -2.44. The van der Waals surface area contributed by atoms with E-state index in [-0.39, 0.29) is 37.1 Å². The van der Waals surface area contributed by atoms with Crippen molar-refractivity contribution in [3.8, 4) is 11.4 Å². The molecule has 0 spiro atoms. The van der Waals surface area contributed by atoms with E-state index in [9.17, 15) is 5.11 Å². The predicted molar refractivity (Wildman–Crippen MR) is 126 cm³/mol. The highest BCUT2D eigenvalue weighted by molar-refractivity contribution is 14.0. The molecule has 2 aromatic heterocycles. The minimum atomic E-state index is -1.18. The van der Waals surface area contributed by atoms with Gasteiger partial charge in [0.15, 0.2) is 5.96 Å². The maximum Gasteiger partial charge on any atom is 0.248 e. The summed E-state index contributed by atoms with van der Waals surface area (Å²) in [5.41, 5.74) is -0.375. The number of hydrogen-bond donors (Lipinski definition) is 3. The summed E-state index contributed by atoms with van der Waals surface area (Å²) in [6.45, 7) is 6.54. The molecule has 10 heteroatoms. The van der Waals surface area contributed by atoms with Crippen LogP contribution in [0.15, 0.2) is 50.3 Å². The van der Waals surface area contributed by atoms with Crippen LogP contribution in [0.25, 0.3) is 11.4 Å². The molecule has 0 saturated carbocycles. The number of furan rings is 1. The first kappa shape index (κ1) is 24.2. The molecule has 3 aromatic rings. The van der Waals surface area contributed by atoms with E-state index in [1.54, 1.807) is 25.1 Å². The monoisotopic (exact) mass is 545 g/mol. The smallest absolute Gasteiger partial charge is 0.248 e. The minimum Gasteiger partial charge on any atom is -0.463 e. The van der Waals surface area contributed by atoms with Gasteiger partial charge in [-0.2, -0.15) is 4.98 Å². The first-order chi connectivity index (χ1) is 13.9. The van der Waals surface area contributed by atoms with Crippen molar-refractivity contribution in [1.29, 1.82) is 0 Å². The number of aliphatic hydroxyl groups is 1. The molecule has 162 valence electrons. The summed E-state index contributed by atoms with van der Waals surface area (Å²) < 4.78 is 10.8. The van der Waals surface area contributed by atoms with Crippen LogP contribution >= 0.6 is 35.6 Å². The highest BCUT2D eigenvalue weighted by atomic mass is 127. The summed E-state index contributed by atoms with van der Waals surface area (Å²) in [7, 11) is 0. The molecular weight excluding hydrogens is 521 g/mol. The lowest BCUT2D eigenvalue weighted by atomic mass is 10.0. The highest BCUT2D eigenvalue weighted by Crippen LogP contribution is 2.22. The number of aliphatic imine (C=N–C) groups is 1. The molecule has 3 rings (SSSR count). The first-order valence-corrected chi connectivity index (χ1v) is 9.65. The number of guanidine groups is 1. The Morgan fingerprint density at radius 3 is 2.57 bits per heavy atom. The Kier molecular flexibility index (Phi) is 8.68. The second-order valence-electron chi connectivity index (χ2n) is 6.75. The largest absolute Gasteiger partial charge is 0.463 e. The molecule has 3 N–H and O–H groups in total. The van der Waals surface area contributed by atoms with Crippen LogP contribution in [0.3, 0.4) is 0 Å². The Labute approximate surface area is 197 Å². The van der Waals surface area contributed by atoms with Gasteiger partial charge < -0.3 is 24.7 Å². The van der Waals surface area contributed by atoms with Crippen LogP contribution in [-0.4, -0.2) is 34.3 Å². The number of aromatic nitrogens is 2. The standard InChI is InChI=1S/C20H24ClN5O3.HI/c1-4-22-19(24-12-20(3,27)16-10-5-13(2)28-16)23-11-17-25-18(26-29-17)14-6-8-15(21)9-7-14;/h5-10,27H,4,11-12H2,1-3H3,(H2,22,23,24);1H. The molecule has 8 nitrogen and oxygen atoms in total. The molecule has 0 fully saturated rings. The Balaban J connectivity index is 0.00000320. The van der Waals surface area contributed by atoms with Crippen molar-refractivity contribution >= 4 is 41.5 Å². The third-order valence-corrected chi connectivity index (χ3v) is 4.41. The minimum absolute atomic E-state index is 0. The van der Waals surface area contributed by atoms with Gasteiger partial charge in [-0.15, -0.1) is 24.0 Å². The fourth-order valence-electron chi connectivity index (χ4n) is 2.59. The SMILES string of the molecule is CCNC(=NCc1nc(-c2ccc(Cl)cc2)no1)NCC(C)(O)c1ccc(C)o1.I. The third kappa shape index (κ3) is 6.44. The second-order valence-corrected chi connectivity index (χ2v) is 7.19. The van der Waals surface area contributed by atoms with Crippen molar-refractivity contribution in [2.45, 2.75) is 32.9 Å². The molecule has 30 heavy (non-hydrogen) atoms. The maximum atomic E-state index is 10.7. The van der Waals surface area contributed by atoms with Crippen LogP contribution in [0.4, 0.5) is 0 Å². The molecule has 1 unspecified atom stereocenters. The molecule has 0 amide bonds. The molecular formula is C20H25ClIN5O3. The molecule has 2 heterocycles. The maximum absolute atomic E-state index is 10.7. The average Bonchev–Trinajstić information content (AvgIpc) is 3.34. The zero-order valence-corrected chi connectivity index (χ0v) is 20.1.